The van der Waals surface area contributed by atoms with Crippen molar-refractivity contribution in [3.8, 4) is 23.0 Å². The van der Waals surface area contributed by atoms with Gasteiger partial charge in [-0.3, -0.25) is 0 Å². The van der Waals surface area contributed by atoms with Crippen LogP contribution in [0.4, 0.5) is 0 Å². The van der Waals surface area contributed by atoms with Crippen LogP contribution in [0.1, 0.15) is 18.5 Å². The zero-order valence-corrected chi connectivity index (χ0v) is 11.7. The van der Waals surface area contributed by atoms with E-state index in [-0.39, 0.29) is 12.8 Å². The highest BCUT2D eigenvalue weighted by molar-refractivity contribution is 6.32. The molecule has 0 radical (unpaired) electrons. The number of hydrogen-bond donors (Lipinski definition) is 1. The summed E-state index contributed by atoms with van der Waals surface area (Å²) in [6.07, 6.45) is 0. The van der Waals surface area contributed by atoms with Crippen LogP contribution in [-0.2, 0) is 0 Å². The normalized spacial score (nSPS) is 14.2. The Morgan fingerprint density at radius 3 is 2.70 bits per heavy atom. The number of nitrogens with two attached hydrogens (primary N) is 1. The second kappa shape index (κ2) is 5.23. The lowest BCUT2D eigenvalue weighted by Crippen LogP contribution is -2.04. The molecule has 0 bridgehead atoms. The molecule has 2 aromatic rings. The van der Waals surface area contributed by atoms with Crippen LogP contribution >= 0.6 is 11.6 Å². The number of fused-ring (bicyclic) bond motifs is 1. The zero-order valence-electron chi connectivity index (χ0n) is 10.9. The second-order valence-electron chi connectivity index (χ2n) is 4.60. The third kappa shape index (κ3) is 2.53. The highest BCUT2D eigenvalue weighted by Gasteiger charge is 2.14. The first-order valence-corrected chi connectivity index (χ1v) is 6.64. The third-order valence-corrected chi connectivity index (χ3v) is 3.35. The lowest BCUT2D eigenvalue weighted by molar-refractivity contribution is 0.174. The summed E-state index contributed by atoms with van der Waals surface area (Å²) in [5, 5.41) is 0.525. The zero-order chi connectivity index (χ0) is 14.1. The van der Waals surface area contributed by atoms with E-state index in [0.717, 1.165) is 11.3 Å². The Kier molecular flexibility index (Phi) is 3.42. The number of halogens is 1. The van der Waals surface area contributed by atoms with E-state index in [4.69, 9.17) is 31.5 Å². The second-order valence-corrected chi connectivity index (χ2v) is 5.00. The summed E-state index contributed by atoms with van der Waals surface area (Å²) < 4.78 is 16.3. The highest BCUT2D eigenvalue weighted by atomic mass is 35.5. The van der Waals surface area contributed by atoms with Gasteiger partial charge in [-0.2, -0.15) is 0 Å². The predicted molar refractivity (Wildman–Crippen MR) is 76.7 cm³/mol. The van der Waals surface area contributed by atoms with E-state index >= 15 is 0 Å². The van der Waals surface area contributed by atoms with Crippen LogP contribution in [0.15, 0.2) is 36.4 Å². The summed E-state index contributed by atoms with van der Waals surface area (Å²) in [6, 6.07) is 10.9. The largest absolute Gasteiger partial charge is 0.456 e. The van der Waals surface area contributed by atoms with Crippen LogP contribution < -0.4 is 19.9 Å². The Balaban J connectivity index is 1.84. The van der Waals surface area contributed by atoms with E-state index in [1.165, 1.54) is 0 Å². The number of benzene rings is 2. The van der Waals surface area contributed by atoms with Gasteiger partial charge < -0.3 is 19.9 Å². The first kappa shape index (κ1) is 13.1. The standard InChI is InChI=1S/C15H14ClNO3/c1-9(17)10-2-4-13(12(16)6-10)20-11-3-5-14-15(7-11)19-8-18-14/h2-7,9H,8,17H2,1H3. The Morgan fingerprint density at radius 1 is 1.15 bits per heavy atom. The maximum atomic E-state index is 6.20. The van der Waals surface area contributed by atoms with Crippen LogP contribution in [0.3, 0.4) is 0 Å². The van der Waals surface area contributed by atoms with Crippen molar-refractivity contribution in [2.45, 2.75) is 13.0 Å². The lowest BCUT2D eigenvalue weighted by Gasteiger charge is -2.11. The molecule has 1 unspecified atom stereocenters. The smallest absolute Gasteiger partial charge is 0.231 e. The molecule has 1 aliphatic heterocycles. The van der Waals surface area contributed by atoms with Crippen LogP contribution in [-0.4, -0.2) is 6.79 Å². The molecule has 0 aliphatic carbocycles. The topological polar surface area (TPSA) is 53.7 Å². The molecule has 2 aromatic carbocycles. The SMILES string of the molecule is CC(N)c1ccc(Oc2ccc3c(c2)OCO3)c(Cl)c1. The maximum absolute atomic E-state index is 6.20. The van der Waals surface area contributed by atoms with Gasteiger partial charge in [0.05, 0.1) is 5.02 Å². The molecule has 0 saturated heterocycles. The molecule has 20 heavy (non-hydrogen) atoms. The summed E-state index contributed by atoms with van der Waals surface area (Å²) in [7, 11) is 0. The number of hydrogen-bond acceptors (Lipinski definition) is 4. The van der Waals surface area contributed by atoms with Crippen molar-refractivity contribution in [3.63, 3.8) is 0 Å². The molecule has 0 saturated carbocycles. The van der Waals surface area contributed by atoms with Gasteiger partial charge in [0.25, 0.3) is 0 Å². The Morgan fingerprint density at radius 2 is 1.95 bits per heavy atom. The Bertz CT molecular complexity index is 643. The van der Waals surface area contributed by atoms with Gasteiger partial charge in [-0.15, -0.1) is 0 Å². The summed E-state index contributed by atoms with van der Waals surface area (Å²) in [4.78, 5) is 0. The number of rotatable bonds is 3. The molecule has 3 rings (SSSR count). The molecule has 0 aromatic heterocycles. The minimum Gasteiger partial charge on any atom is -0.456 e. The average molecular weight is 292 g/mol. The summed E-state index contributed by atoms with van der Waals surface area (Å²) in [6.45, 7) is 2.15. The molecule has 1 heterocycles. The molecule has 5 heteroatoms. The Hall–Kier alpha value is -1.91. The van der Waals surface area contributed by atoms with Crippen LogP contribution in [0.5, 0.6) is 23.0 Å². The van der Waals surface area contributed by atoms with E-state index in [1.54, 1.807) is 6.07 Å². The molecule has 4 nitrogen and oxygen atoms in total. The van der Waals surface area contributed by atoms with Gasteiger partial charge in [0.1, 0.15) is 11.5 Å². The van der Waals surface area contributed by atoms with Gasteiger partial charge in [0.15, 0.2) is 11.5 Å². The van der Waals surface area contributed by atoms with Crippen molar-refractivity contribution in [1.82, 2.24) is 0 Å². The van der Waals surface area contributed by atoms with Crippen LogP contribution in [0.25, 0.3) is 0 Å². The fourth-order valence-electron chi connectivity index (χ4n) is 1.95. The minimum atomic E-state index is -0.0629. The summed E-state index contributed by atoms with van der Waals surface area (Å²) in [5.74, 6) is 2.61. The van der Waals surface area contributed by atoms with Crippen LogP contribution in [0, 0.1) is 0 Å². The van der Waals surface area contributed by atoms with Gasteiger partial charge in [-0.1, -0.05) is 17.7 Å². The van der Waals surface area contributed by atoms with Crippen molar-refractivity contribution >= 4 is 11.6 Å². The summed E-state index contributed by atoms with van der Waals surface area (Å²) >= 11 is 6.20. The van der Waals surface area contributed by atoms with Crippen molar-refractivity contribution in [3.05, 3.63) is 47.0 Å². The minimum absolute atomic E-state index is 0.0629. The fourth-order valence-corrected chi connectivity index (χ4v) is 2.18. The van der Waals surface area contributed by atoms with Crippen molar-refractivity contribution < 1.29 is 14.2 Å². The fraction of sp³-hybridized carbons (Fsp3) is 0.200. The predicted octanol–water partition coefficient (Wildman–Crippen LogP) is 3.88. The van der Waals surface area contributed by atoms with Crippen LogP contribution in [0.2, 0.25) is 5.02 Å². The molecule has 1 atom stereocenters. The van der Waals surface area contributed by atoms with Crippen molar-refractivity contribution in [2.24, 2.45) is 5.73 Å². The maximum Gasteiger partial charge on any atom is 0.231 e. The van der Waals surface area contributed by atoms with Gasteiger partial charge >= 0.3 is 0 Å². The van der Waals surface area contributed by atoms with Gasteiger partial charge in [-0.05, 0) is 36.8 Å². The molecule has 2 N–H and O–H groups in total. The van der Waals surface area contributed by atoms with Crippen molar-refractivity contribution in [2.75, 3.05) is 6.79 Å². The van der Waals surface area contributed by atoms with E-state index in [0.29, 0.717) is 22.3 Å². The molecule has 104 valence electrons. The molecular formula is C15H14ClNO3. The van der Waals surface area contributed by atoms with E-state index in [2.05, 4.69) is 0 Å². The number of ether oxygens (including phenoxy) is 3. The molecule has 0 spiro atoms. The van der Waals surface area contributed by atoms with Gasteiger partial charge in [0, 0.05) is 12.1 Å². The molecule has 1 aliphatic rings. The third-order valence-electron chi connectivity index (χ3n) is 3.05. The van der Waals surface area contributed by atoms with E-state index in [9.17, 15) is 0 Å². The van der Waals surface area contributed by atoms with E-state index < -0.39 is 0 Å². The molecule has 0 fully saturated rings. The quantitative estimate of drug-likeness (QED) is 0.932. The van der Waals surface area contributed by atoms with E-state index in [1.807, 2.05) is 37.3 Å². The lowest BCUT2D eigenvalue weighted by atomic mass is 10.1. The monoisotopic (exact) mass is 291 g/mol. The molecule has 0 amide bonds. The van der Waals surface area contributed by atoms with Gasteiger partial charge in [0.2, 0.25) is 6.79 Å². The van der Waals surface area contributed by atoms with Crippen molar-refractivity contribution in [1.29, 1.82) is 0 Å². The Labute approximate surface area is 122 Å². The summed E-state index contributed by atoms with van der Waals surface area (Å²) in [5.41, 5.74) is 6.78. The average Bonchev–Trinajstić information content (AvgIpc) is 2.88. The first-order valence-electron chi connectivity index (χ1n) is 6.26. The van der Waals surface area contributed by atoms with Gasteiger partial charge in [-0.25, -0.2) is 0 Å². The highest BCUT2D eigenvalue weighted by Crippen LogP contribution is 2.38. The molecular weight excluding hydrogens is 278 g/mol. The first-order chi connectivity index (χ1) is 9.63.